The number of ether oxygens (including phenoxy) is 1. The third-order valence-electron chi connectivity index (χ3n) is 4.39. The Morgan fingerprint density at radius 3 is 2.78 bits per heavy atom. The summed E-state index contributed by atoms with van der Waals surface area (Å²) in [4.78, 5) is 6.72. The van der Waals surface area contributed by atoms with E-state index in [1.54, 1.807) is 0 Å². The van der Waals surface area contributed by atoms with Crippen molar-refractivity contribution >= 4 is 12.0 Å². The van der Waals surface area contributed by atoms with Gasteiger partial charge in [-0.15, -0.1) is 0 Å². The molecular formula is C20H24N2O. The molecule has 1 unspecified atom stereocenters. The highest BCUT2D eigenvalue weighted by Gasteiger charge is 2.23. The van der Waals surface area contributed by atoms with E-state index in [4.69, 9.17) is 4.74 Å². The molecule has 0 saturated heterocycles. The fourth-order valence-corrected chi connectivity index (χ4v) is 2.88. The van der Waals surface area contributed by atoms with Gasteiger partial charge >= 0.3 is 0 Å². The van der Waals surface area contributed by atoms with Gasteiger partial charge in [-0.3, -0.25) is 0 Å². The van der Waals surface area contributed by atoms with E-state index in [0.29, 0.717) is 0 Å². The molecule has 0 N–H and O–H groups in total. The van der Waals surface area contributed by atoms with Crippen LogP contribution < -0.4 is 0 Å². The van der Waals surface area contributed by atoms with Crippen LogP contribution in [-0.4, -0.2) is 31.4 Å². The first-order valence-electron chi connectivity index (χ1n) is 8.23. The summed E-state index contributed by atoms with van der Waals surface area (Å²) >= 11 is 0. The summed E-state index contributed by atoms with van der Waals surface area (Å²) in [6.07, 6.45) is 2.89. The zero-order valence-corrected chi connectivity index (χ0v) is 14.1. The van der Waals surface area contributed by atoms with Crippen molar-refractivity contribution < 1.29 is 4.74 Å². The molecule has 2 aromatic carbocycles. The van der Waals surface area contributed by atoms with Crippen molar-refractivity contribution in [1.29, 1.82) is 0 Å². The molecular weight excluding hydrogens is 284 g/mol. The van der Waals surface area contributed by atoms with E-state index < -0.39 is 0 Å². The summed E-state index contributed by atoms with van der Waals surface area (Å²) in [5, 5.41) is 0. The molecule has 1 aliphatic heterocycles. The highest BCUT2D eigenvalue weighted by molar-refractivity contribution is 5.64. The topological polar surface area (TPSA) is 24.8 Å². The molecule has 3 rings (SSSR count). The lowest BCUT2D eigenvalue weighted by Gasteiger charge is -2.27. The highest BCUT2D eigenvalue weighted by Crippen LogP contribution is 2.36. The number of hydrogen-bond donors (Lipinski definition) is 0. The molecule has 2 aromatic rings. The number of aryl methyl sites for hydroxylation is 1. The predicted molar refractivity (Wildman–Crippen MR) is 95.6 cm³/mol. The van der Waals surface area contributed by atoms with Crippen LogP contribution in [0.15, 0.2) is 47.5 Å². The van der Waals surface area contributed by atoms with E-state index in [1.165, 1.54) is 22.3 Å². The zero-order chi connectivity index (χ0) is 16.2. The molecule has 0 aromatic heterocycles. The van der Waals surface area contributed by atoms with Crippen LogP contribution in [0.1, 0.15) is 35.3 Å². The first kappa shape index (κ1) is 15.8. The fourth-order valence-electron chi connectivity index (χ4n) is 2.88. The second-order valence-corrected chi connectivity index (χ2v) is 6.07. The van der Waals surface area contributed by atoms with Gasteiger partial charge in [0.05, 0.1) is 18.6 Å². The van der Waals surface area contributed by atoms with Gasteiger partial charge in [0.25, 0.3) is 0 Å². The van der Waals surface area contributed by atoms with E-state index in [-0.39, 0.29) is 6.10 Å². The number of hydrogen-bond acceptors (Lipinski definition) is 2. The van der Waals surface area contributed by atoms with Crippen molar-refractivity contribution in [2.75, 3.05) is 20.2 Å². The minimum Gasteiger partial charge on any atom is -0.368 e. The Kier molecular flexibility index (Phi) is 4.77. The quantitative estimate of drug-likeness (QED) is 0.622. The number of nitrogens with zero attached hydrogens (tertiary/aromatic N) is 2. The Balaban J connectivity index is 1.96. The summed E-state index contributed by atoms with van der Waals surface area (Å²) in [6, 6.07) is 14.9. The minimum atomic E-state index is 0.0370. The lowest BCUT2D eigenvalue weighted by atomic mass is 9.91. The van der Waals surface area contributed by atoms with Gasteiger partial charge in [0, 0.05) is 13.6 Å². The van der Waals surface area contributed by atoms with Crippen LogP contribution in [0.3, 0.4) is 0 Å². The van der Waals surface area contributed by atoms with Crippen molar-refractivity contribution in [3.63, 3.8) is 0 Å². The molecule has 0 saturated carbocycles. The van der Waals surface area contributed by atoms with E-state index in [9.17, 15) is 0 Å². The monoisotopic (exact) mass is 308 g/mol. The molecule has 120 valence electrons. The summed E-state index contributed by atoms with van der Waals surface area (Å²) in [7, 11) is 2.04. The predicted octanol–water partition coefficient (Wildman–Crippen LogP) is 4.27. The second kappa shape index (κ2) is 6.97. The van der Waals surface area contributed by atoms with Crippen LogP contribution in [0.25, 0.3) is 0 Å². The van der Waals surface area contributed by atoms with Crippen molar-refractivity contribution in [2.45, 2.75) is 26.4 Å². The molecule has 0 radical (unpaired) electrons. The molecule has 3 nitrogen and oxygen atoms in total. The Bertz CT molecular complexity index is 694. The molecule has 1 heterocycles. The summed E-state index contributed by atoms with van der Waals surface area (Å²) in [5.41, 5.74) is 6.09. The Morgan fingerprint density at radius 2 is 2.04 bits per heavy atom. The van der Waals surface area contributed by atoms with Gasteiger partial charge in [-0.25, -0.2) is 4.99 Å². The maximum Gasteiger partial charge on any atom is 0.108 e. The summed E-state index contributed by atoms with van der Waals surface area (Å²) in [5.74, 6) is 0. The van der Waals surface area contributed by atoms with E-state index in [2.05, 4.69) is 60.1 Å². The average Bonchev–Trinajstić information content (AvgIpc) is 2.60. The van der Waals surface area contributed by atoms with Gasteiger partial charge in [-0.2, -0.15) is 0 Å². The van der Waals surface area contributed by atoms with Crippen LogP contribution >= 0.6 is 0 Å². The van der Waals surface area contributed by atoms with Crippen molar-refractivity contribution in [3.05, 3.63) is 64.7 Å². The first-order chi connectivity index (χ1) is 11.2. The van der Waals surface area contributed by atoms with Crippen LogP contribution in [0.5, 0.6) is 0 Å². The van der Waals surface area contributed by atoms with E-state index >= 15 is 0 Å². The largest absolute Gasteiger partial charge is 0.368 e. The summed E-state index contributed by atoms with van der Waals surface area (Å²) < 4.78 is 6.05. The molecule has 0 fully saturated rings. The maximum absolute atomic E-state index is 6.05. The molecule has 0 aliphatic carbocycles. The highest BCUT2D eigenvalue weighted by atomic mass is 16.5. The van der Waals surface area contributed by atoms with E-state index in [1.807, 2.05) is 19.5 Å². The lowest BCUT2D eigenvalue weighted by Crippen LogP contribution is -2.17. The van der Waals surface area contributed by atoms with Gasteiger partial charge in [0.15, 0.2) is 0 Å². The molecule has 0 amide bonds. The lowest BCUT2D eigenvalue weighted by molar-refractivity contribution is 0.0698. The molecule has 0 bridgehead atoms. The number of fused-ring (bicyclic) bond motifs is 1. The Hall–Kier alpha value is -2.13. The third kappa shape index (κ3) is 3.45. The smallest absolute Gasteiger partial charge is 0.108 e. The van der Waals surface area contributed by atoms with Gasteiger partial charge in [0.2, 0.25) is 0 Å². The Labute approximate surface area is 138 Å². The van der Waals surface area contributed by atoms with Crippen LogP contribution in [-0.2, 0) is 11.2 Å². The van der Waals surface area contributed by atoms with Gasteiger partial charge in [-0.1, -0.05) is 36.4 Å². The number of rotatable bonds is 4. The van der Waals surface area contributed by atoms with Crippen molar-refractivity contribution in [1.82, 2.24) is 4.90 Å². The molecule has 0 spiro atoms. The summed E-state index contributed by atoms with van der Waals surface area (Å²) in [6.45, 7) is 5.95. The van der Waals surface area contributed by atoms with Gasteiger partial charge in [-0.05, 0) is 48.6 Å². The van der Waals surface area contributed by atoms with Gasteiger partial charge in [0.1, 0.15) is 6.10 Å². The van der Waals surface area contributed by atoms with Crippen molar-refractivity contribution in [3.8, 4) is 0 Å². The van der Waals surface area contributed by atoms with Gasteiger partial charge < -0.3 is 9.64 Å². The molecule has 1 atom stereocenters. The molecule has 1 aliphatic rings. The normalized spacial score (nSPS) is 17.3. The third-order valence-corrected chi connectivity index (χ3v) is 4.39. The molecule has 23 heavy (non-hydrogen) atoms. The van der Waals surface area contributed by atoms with Crippen molar-refractivity contribution in [2.24, 2.45) is 4.99 Å². The standard InChI is InChI=1S/C20H24N2O/c1-4-22(3)14-21-19-13-17-10-11-23-20(18(17)12-15(19)2)16-8-6-5-7-9-16/h5-9,12-14,20H,4,10-11H2,1-3H3. The SMILES string of the molecule is CCN(C)C=Nc1cc2c(cc1C)C(c1ccccc1)OCC2. The average molecular weight is 308 g/mol. The zero-order valence-electron chi connectivity index (χ0n) is 14.1. The van der Waals surface area contributed by atoms with Crippen LogP contribution in [0.2, 0.25) is 0 Å². The first-order valence-corrected chi connectivity index (χ1v) is 8.23. The maximum atomic E-state index is 6.05. The van der Waals surface area contributed by atoms with Crippen LogP contribution in [0, 0.1) is 6.92 Å². The Morgan fingerprint density at radius 1 is 1.26 bits per heavy atom. The van der Waals surface area contributed by atoms with E-state index in [0.717, 1.165) is 25.3 Å². The number of benzene rings is 2. The molecule has 3 heteroatoms. The van der Waals surface area contributed by atoms with Crippen LogP contribution in [0.4, 0.5) is 5.69 Å². The second-order valence-electron chi connectivity index (χ2n) is 6.07. The number of aliphatic imine (C=N–C) groups is 1. The minimum absolute atomic E-state index is 0.0370. The fraction of sp³-hybridized carbons (Fsp3) is 0.350.